The van der Waals surface area contributed by atoms with Gasteiger partial charge in [0.1, 0.15) is 0 Å². The number of sulfonamides is 1. The molecular weight excluding hydrogens is 350 g/mol. The van der Waals surface area contributed by atoms with Crippen molar-refractivity contribution < 1.29 is 8.42 Å². The molecule has 1 heterocycles. The van der Waals surface area contributed by atoms with Crippen LogP contribution in [0, 0.1) is 5.92 Å². The lowest BCUT2D eigenvalue weighted by Crippen LogP contribution is -2.29. The second-order valence-corrected chi connectivity index (χ2v) is 7.85. The Kier molecular flexibility index (Phi) is 4.93. The van der Waals surface area contributed by atoms with E-state index in [4.69, 9.17) is 11.6 Å². The van der Waals surface area contributed by atoms with Crippen LogP contribution in [0.4, 0.5) is 0 Å². The van der Waals surface area contributed by atoms with Crippen molar-refractivity contribution in [3.63, 3.8) is 0 Å². The minimum Gasteiger partial charge on any atom is -0.207 e. The Labute approximate surface area is 128 Å². The van der Waals surface area contributed by atoms with Crippen molar-refractivity contribution in [3.8, 4) is 0 Å². The van der Waals surface area contributed by atoms with Gasteiger partial charge in [-0.3, -0.25) is 0 Å². The van der Waals surface area contributed by atoms with E-state index in [-0.39, 0.29) is 0 Å². The molecule has 6 heteroatoms. The number of benzene rings is 1. The van der Waals surface area contributed by atoms with Gasteiger partial charge in [0.05, 0.1) is 4.90 Å². The highest BCUT2D eigenvalue weighted by atomic mass is 79.9. The quantitative estimate of drug-likeness (QED) is 0.763. The molecule has 1 atom stereocenters. The first-order valence-electron chi connectivity index (χ1n) is 6.33. The zero-order chi connectivity index (χ0) is 14.0. The third-order valence-corrected chi connectivity index (χ3v) is 6.76. The Balaban J connectivity index is 2.34. The first kappa shape index (κ1) is 15.3. The fraction of sp³-hybridized carbons (Fsp3) is 0.538. The molecule has 0 saturated carbocycles. The maximum absolute atomic E-state index is 12.6. The van der Waals surface area contributed by atoms with Gasteiger partial charge in [0.25, 0.3) is 0 Å². The SMILES string of the molecule is CCC1CCN(S(=O)(=O)c2cc(CCl)ccc2Br)C1. The summed E-state index contributed by atoms with van der Waals surface area (Å²) in [5.41, 5.74) is 0.815. The van der Waals surface area contributed by atoms with Crippen LogP contribution in [-0.2, 0) is 15.9 Å². The summed E-state index contributed by atoms with van der Waals surface area (Å²) in [7, 11) is -3.42. The molecule has 0 aromatic heterocycles. The van der Waals surface area contributed by atoms with Gasteiger partial charge in [-0.15, -0.1) is 11.6 Å². The van der Waals surface area contributed by atoms with Crippen molar-refractivity contribution in [1.82, 2.24) is 4.31 Å². The van der Waals surface area contributed by atoms with Gasteiger partial charge >= 0.3 is 0 Å². The number of nitrogens with zero attached hydrogens (tertiary/aromatic N) is 1. The second-order valence-electron chi connectivity index (χ2n) is 4.82. The van der Waals surface area contributed by atoms with Gasteiger partial charge in [0, 0.05) is 23.4 Å². The maximum Gasteiger partial charge on any atom is 0.244 e. The number of rotatable bonds is 4. The van der Waals surface area contributed by atoms with E-state index in [1.165, 1.54) is 0 Å². The van der Waals surface area contributed by atoms with Crippen LogP contribution in [0.1, 0.15) is 25.3 Å². The summed E-state index contributed by atoms with van der Waals surface area (Å²) in [6, 6.07) is 5.23. The third-order valence-electron chi connectivity index (χ3n) is 3.59. The van der Waals surface area contributed by atoms with Crippen molar-refractivity contribution >= 4 is 37.6 Å². The Morgan fingerprint density at radius 1 is 1.47 bits per heavy atom. The summed E-state index contributed by atoms with van der Waals surface area (Å²) in [5, 5.41) is 0. The van der Waals surface area contributed by atoms with Gasteiger partial charge in [-0.05, 0) is 46.0 Å². The van der Waals surface area contributed by atoms with Gasteiger partial charge < -0.3 is 0 Å². The molecule has 0 aliphatic carbocycles. The van der Waals surface area contributed by atoms with Crippen molar-refractivity contribution in [2.24, 2.45) is 5.92 Å². The number of alkyl halides is 1. The van der Waals surface area contributed by atoms with Crippen LogP contribution in [0.5, 0.6) is 0 Å². The normalized spacial score (nSPS) is 20.9. The highest BCUT2D eigenvalue weighted by molar-refractivity contribution is 9.10. The number of hydrogen-bond donors (Lipinski definition) is 0. The molecule has 0 spiro atoms. The van der Waals surface area contributed by atoms with Crippen LogP contribution in [0.15, 0.2) is 27.6 Å². The van der Waals surface area contributed by atoms with Gasteiger partial charge in [-0.25, -0.2) is 8.42 Å². The summed E-state index contributed by atoms with van der Waals surface area (Å²) in [6.45, 7) is 3.33. The average molecular weight is 367 g/mol. The molecule has 0 bridgehead atoms. The summed E-state index contributed by atoms with van der Waals surface area (Å²) < 4.78 is 27.5. The lowest BCUT2D eigenvalue weighted by molar-refractivity contribution is 0.452. The molecule has 1 unspecified atom stereocenters. The molecule has 2 rings (SSSR count). The highest BCUT2D eigenvalue weighted by Gasteiger charge is 2.32. The van der Waals surface area contributed by atoms with Crippen LogP contribution in [0.3, 0.4) is 0 Å². The van der Waals surface area contributed by atoms with E-state index < -0.39 is 10.0 Å². The fourth-order valence-electron chi connectivity index (χ4n) is 2.32. The molecule has 0 amide bonds. The van der Waals surface area contributed by atoms with Crippen molar-refractivity contribution in [3.05, 3.63) is 28.2 Å². The minimum atomic E-state index is -3.42. The minimum absolute atomic E-state index is 0.313. The van der Waals surface area contributed by atoms with E-state index in [1.807, 2.05) is 6.07 Å². The van der Waals surface area contributed by atoms with E-state index in [2.05, 4.69) is 22.9 Å². The Hall–Kier alpha value is -0.100. The van der Waals surface area contributed by atoms with E-state index in [9.17, 15) is 8.42 Å². The van der Waals surface area contributed by atoms with Gasteiger partial charge in [-0.1, -0.05) is 19.4 Å². The summed E-state index contributed by atoms with van der Waals surface area (Å²) >= 11 is 9.11. The van der Waals surface area contributed by atoms with Crippen LogP contribution in [0.25, 0.3) is 0 Å². The molecule has 3 nitrogen and oxygen atoms in total. The molecular formula is C13H17BrClNO2S. The fourth-order valence-corrected chi connectivity index (χ4v) is 4.99. The highest BCUT2D eigenvalue weighted by Crippen LogP contribution is 2.30. The maximum atomic E-state index is 12.6. The van der Waals surface area contributed by atoms with Crippen LogP contribution in [-0.4, -0.2) is 25.8 Å². The summed E-state index contributed by atoms with van der Waals surface area (Å²) in [4.78, 5) is 0.322. The predicted octanol–water partition coefficient (Wildman–Crippen LogP) is 3.61. The smallest absolute Gasteiger partial charge is 0.207 e. The monoisotopic (exact) mass is 365 g/mol. The van der Waals surface area contributed by atoms with Crippen LogP contribution < -0.4 is 0 Å². The standard InChI is InChI=1S/C13H17BrClNO2S/c1-2-10-5-6-16(9-10)19(17,18)13-7-11(8-15)3-4-12(13)14/h3-4,7,10H,2,5-6,8-9H2,1H3. The van der Waals surface area contributed by atoms with Gasteiger partial charge in [0.2, 0.25) is 10.0 Å². The first-order chi connectivity index (χ1) is 8.98. The van der Waals surface area contributed by atoms with Gasteiger partial charge in [0.15, 0.2) is 0 Å². The van der Waals surface area contributed by atoms with E-state index in [0.717, 1.165) is 18.4 Å². The molecule has 1 aromatic carbocycles. The molecule has 1 aliphatic rings. The zero-order valence-electron chi connectivity index (χ0n) is 10.8. The Morgan fingerprint density at radius 2 is 2.21 bits per heavy atom. The lowest BCUT2D eigenvalue weighted by Gasteiger charge is -2.18. The van der Waals surface area contributed by atoms with Crippen molar-refractivity contribution in [1.29, 1.82) is 0 Å². The predicted molar refractivity (Wildman–Crippen MR) is 80.9 cm³/mol. The first-order valence-corrected chi connectivity index (χ1v) is 9.10. The van der Waals surface area contributed by atoms with Crippen LogP contribution >= 0.6 is 27.5 Å². The number of hydrogen-bond acceptors (Lipinski definition) is 2. The molecule has 19 heavy (non-hydrogen) atoms. The largest absolute Gasteiger partial charge is 0.244 e. The lowest BCUT2D eigenvalue weighted by atomic mass is 10.1. The molecule has 0 N–H and O–H groups in total. The molecule has 1 aliphatic heterocycles. The molecule has 106 valence electrons. The third kappa shape index (κ3) is 3.15. The van der Waals surface area contributed by atoms with Crippen LogP contribution in [0.2, 0.25) is 0 Å². The topological polar surface area (TPSA) is 37.4 Å². The Morgan fingerprint density at radius 3 is 2.79 bits per heavy atom. The average Bonchev–Trinajstić information content (AvgIpc) is 2.88. The summed E-state index contributed by atoms with van der Waals surface area (Å²) in [5.74, 6) is 0.790. The summed E-state index contributed by atoms with van der Waals surface area (Å²) in [6.07, 6.45) is 1.97. The molecule has 1 aromatic rings. The van der Waals surface area contributed by atoms with E-state index in [1.54, 1.807) is 16.4 Å². The van der Waals surface area contributed by atoms with E-state index >= 15 is 0 Å². The van der Waals surface area contributed by atoms with Crippen molar-refractivity contribution in [2.75, 3.05) is 13.1 Å². The Bertz CT molecular complexity index is 562. The number of halogens is 2. The molecule has 0 radical (unpaired) electrons. The van der Waals surface area contributed by atoms with E-state index in [0.29, 0.717) is 34.3 Å². The second kappa shape index (κ2) is 6.12. The molecule has 1 fully saturated rings. The zero-order valence-corrected chi connectivity index (χ0v) is 13.9. The van der Waals surface area contributed by atoms with Crippen molar-refractivity contribution in [2.45, 2.75) is 30.5 Å². The molecule has 1 saturated heterocycles. The van der Waals surface area contributed by atoms with Gasteiger partial charge in [-0.2, -0.15) is 4.31 Å².